The Hall–Kier alpha value is -2.38. The largest absolute Gasteiger partial charge is 0.394 e. The number of nitrogens with zero attached hydrogens (tertiary/aromatic N) is 1. The van der Waals surface area contributed by atoms with Crippen LogP contribution in [0.2, 0.25) is 0 Å². The number of nitro benzene ring substituents is 1. The summed E-state index contributed by atoms with van der Waals surface area (Å²) < 4.78 is 0. The molecule has 0 aliphatic heterocycles. The molecule has 11 heteroatoms. The number of amides is 2. The van der Waals surface area contributed by atoms with Gasteiger partial charge in [0.2, 0.25) is 5.91 Å². The minimum Gasteiger partial charge on any atom is -0.394 e. The molecule has 1 rings (SSSR count). The molecule has 2 amide bonds. The Kier molecular flexibility index (Phi) is 12.6. The lowest BCUT2D eigenvalue weighted by atomic mass is 10.0. The molecule has 2 atom stereocenters. The Balaban J connectivity index is 0.000000769. The van der Waals surface area contributed by atoms with Crippen molar-refractivity contribution in [3.8, 4) is 12.3 Å². The number of alkyl halides is 2. The Morgan fingerprint density at radius 3 is 2.29 bits per heavy atom. The summed E-state index contributed by atoms with van der Waals surface area (Å²) in [5.41, 5.74) is 4.99. The lowest BCUT2D eigenvalue weighted by molar-refractivity contribution is -0.384. The van der Waals surface area contributed by atoms with Gasteiger partial charge < -0.3 is 21.3 Å². The number of unbranched alkanes of at least 4 members (excludes halogenated alkanes) is 1. The second-order valence-electron chi connectivity index (χ2n) is 5.42. The van der Waals surface area contributed by atoms with E-state index in [0.717, 1.165) is 0 Å². The highest BCUT2D eigenvalue weighted by molar-refractivity contribution is 6.53. The van der Waals surface area contributed by atoms with Gasteiger partial charge >= 0.3 is 0 Å². The van der Waals surface area contributed by atoms with Crippen LogP contribution in [-0.4, -0.2) is 44.4 Å². The van der Waals surface area contributed by atoms with Crippen molar-refractivity contribution in [2.45, 2.75) is 36.2 Å². The molecule has 0 heterocycles. The van der Waals surface area contributed by atoms with Gasteiger partial charge in [-0.05, 0) is 24.1 Å². The van der Waals surface area contributed by atoms with Crippen molar-refractivity contribution < 1.29 is 24.7 Å². The van der Waals surface area contributed by atoms with Gasteiger partial charge in [-0.15, -0.1) is 12.3 Å². The van der Waals surface area contributed by atoms with Crippen LogP contribution in [0.1, 0.15) is 30.9 Å². The molecule has 0 spiro atoms. The first-order valence-electron chi connectivity index (χ1n) is 7.97. The van der Waals surface area contributed by atoms with Crippen LogP contribution in [-0.2, 0) is 9.59 Å². The third kappa shape index (κ3) is 10.1. The van der Waals surface area contributed by atoms with Crippen molar-refractivity contribution in [1.29, 1.82) is 0 Å². The second-order valence-corrected chi connectivity index (χ2v) is 6.51. The van der Waals surface area contributed by atoms with E-state index in [4.69, 9.17) is 40.5 Å². The summed E-state index contributed by atoms with van der Waals surface area (Å²) in [6.45, 7) is -0.551. The second kappa shape index (κ2) is 13.7. The van der Waals surface area contributed by atoms with Crippen LogP contribution < -0.4 is 11.1 Å². The van der Waals surface area contributed by atoms with E-state index in [1.807, 2.05) is 0 Å². The van der Waals surface area contributed by atoms with E-state index >= 15 is 0 Å². The van der Waals surface area contributed by atoms with Gasteiger partial charge in [-0.3, -0.25) is 19.7 Å². The smallest absolute Gasteiger partial charge is 0.269 e. The number of aliphatic hydroxyl groups excluding tert-OH is 2. The Labute approximate surface area is 172 Å². The zero-order valence-corrected chi connectivity index (χ0v) is 16.3. The van der Waals surface area contributed by atoms with Gasteiger partial charge in [-0.1, -0.05) is 23.2 Å². The van der Waals surface area contributed by atoms with E-state index in [-0.39, 0.29) is 11.6 Å². The number of carbonyl (C=O) groups excluding carboxylic acids is 2. The van der Waals surface area contributed by atoms with E-state index in [2.05, 4.69) is 11.2 Å². The number of halogens is 2. The van der Waals surface area contributed by atoms with Crippen LogP contribution in [0.15, 0.2) is 24.3 Å². The van der Waals surface area contributed by atoms with E-state index in [1.54, 1.807) is 0 Å². The van der Waals surface area contributed by atoms with Crippen LogP contribution >= 0.6 is 23.2 Å². The van der Waals surface area contributed by atoms with Crippen molar-refractivity contribution in [3.63, 3.8) is 0 Å². The topological polar surface area (TPSA) is 156 Å². The van der Waals surface area contributed by atoms with E-state index in [9.17, 15) is 24.8 Å². The number of rotatable bonds is 9. The summed E-state index contributed by atoms with van der Waals surface area (Å²) in [6, 6.07) is 4.05. The highest BCUT2D eigenvalue weighted by atomic mass is 35.5. The molecule has 1 aromatic carbocycles. The summed E-state index contributed by atoms with van der Waals surface area (Å²) in [6.07, 6.45) is 5.42. The summed E-state index contributed by atoms with van der Waals surface area (Å²) >= 11 is 10.7. The molecule has 0 saturated heterocycles. The Bertz CT molecular complexity index is 691. The van der Waals surface area contributed by atoms with Gasteiger partial charge in [-0.2, -0.15) is 0 Å². The molecule has 0 aromatic heterocycles. The molecule has 0 radical (unpaired) electrons. The number of hydrogen-bond acceptors (Lipinski definition) is 6. The van der Waals surface area contributed by atoms with Crippen molar-refractivity contribution in [3.05, 3.63) is 39.9 Å². The van der Waals surface area contributed by atoms with Crippen molar-refractivity contribution in [1.82, 2.24) is 5.32 Å². The maximum Gasteiger partial charge on any atom is 0.269 e. The van der Waals surface area contributed by atoms with Crippen LogP contribution in [0, 0.1) is 22.5 Å². The van der Waals surface area contributed by atoms with Gasteiger partial charge in [-0.25, -0.2) is 0 Å². The van der Waals surface area contributed by atoms with E-state index < -0.39 is 34.4 Å². The fraction of sp³-hybridized carbons (Fsp3) is 0.412. The first-order valence-corrected chi connectivity index (χ1v) is 8.84. The van der Waals surface area contributed by atoms with Crippen LogP contribution in [0.3, 0.4) is 0 Å². The predicted molar refractivity (Wildman–Crippen MR) is 104 cm³/mol. The maximum atomic E-state index is 11.3. The quantitative estimate of drug-likeness (QED) is 0.150. The van der Waals surface area contributed by atoms with Crippen LogP contribution in [0.4, 0.5) is 5.69 Å². The molecule has 0 aliphatic rings. The summed E-state index contributed by atoms with van der Waals surface area (Å²) in [5.74, 6) is 1.38. The minimum absolute atomic E-state index is 0.132. The molecule has 1 aromatic rings. The van der Waals surface area contributed by atoms with Crippen molar-refractivity contribution in [2.24, 2.45) is 5.73 Å². The van der Waals surface area contributed by atoms with E-state index in [1.165, 1.54) is 24.3 Å². The molecule has 9 nitrogen and oxygen atoms in total. The van der Waals surface area contributed by atoms with Gasteiger partial charge in [0, 0.05) is 25.0 Å². The molecule has 28 heavy (non-hydrogen) atoms. The summed E-state index contributed by atoms with van der Waals surface area (Å²) in [7, 11) is 0. The predicted octanol–water partition coefficient (Wildman–Crippen LogP) is 1.18. The number of nitrogens with one attached hydrogen (secondary N) is 1. The lowest BCUT2D eigenvalue weighted by Crippen LogP contribution is -2.44. The number of non-ortho nitro benzene ring substituents is 1. The number of terminal acetylenes is 1. The maximum absolute atomic E-state index is 11.3. The van der Waals surface area contributed by atoms with Gasteiger partial charge in [0.1, 0.15) is 6.10 Å². The van der Waals surface area contributed by atoms with Crippen LogP contribution in [0.25, 0.3) is 0 Å². The van der Waals surface area contributed by atoms with Crippen molar-refractivity contribution in [2.75, 3.05) is 6.61 Å². The molecule has 0 saturated carbocycles. The van der Waals surface area contributed by atoms with Gasteiger partial charge in [0.05, 0.1) is 17.6 Å². The normalized spacial score (nSPS) is 12.1. The fourth-order valence-corrected chi connectivity index (χ4v) is 1.99. The SMILES string of the molecule is C#CCCCC(N)=O.O=C(N[C@H](CO)[C@H](O)c1ccc([N+](=O)[O-])cc1)C(Cl)Cl. The third-order valence-electron chi connectivity index (χ3n) is 3.29. The molecule has 0 aliphatic carbocycles. The third-order valence-corrected chi connectivity index (χ3v) is 3.69. The lowest BCUT2D eigenvalue weighted by Gasteiger charge is -2.22. The number of nitro groups is 1. The molecular formula is C17H21Cl2N3O6. The minimum atomic E-state index is -1.33. The average Bonchev–Trinajstić information content (AvgIpc) is 2.65. The highest BCUT2D eigenvalue weighted by Gasteiger charge is 2.24. The zero-order chi connectivity index (χ0) is 21.7. The van der Waals surface area contributed by atoms with Crippen molar-refractivity contribution >= 4 is 40.7 Å². The highest BCUT2D eigenvalue weighted by Crippen LogP contribution is 2.20. The molecule has 154 valence electrons. The first-order chi connectivity index (χ1) is 13.1. The van der Waals surface area contributed by atoms with Gasteiger partial charge in [0.25, 0.3) is 11.6 Å². The Morgan fingerprint density at radius 1 is 1.32 bits per heavy atom. The van der Waals surface area contributed by atoms with Crippen LogP contribution in [0.5, 0.6) is 0 Å². The summed E-state index contributed by atoms with van der Waals surface area (Å²) in [4.78, 5) is 29.9. The standard InChI is InChI=1S/C11H12Cl2N2O5.C6H9NO/c12-10(13)11(18)14-8(5-16)9(17)6-1-3-7(4-2-6)15(19)20;1-2-3-4-5-6(7)8/h1-4,8-10,16-17H,5H2,(H,14,18);1H,3-5H2,(H2,7,8)/t8-,9-;/m1./s1. The number of hydrogen-bond donors (Lipinski definition) is 4. The number of aliphatic hydroxyl groups is 2. The fourth-order valence-electron chi connectivity index (χ4n) is 1.86. The first kappa shape index (κ1) is 25.6. The Morgan fingerprint density at radius 2 is 1.89 bits per heavy atom. The molecule has 0 unspecified atom stereocenters. The average molecular weight is 434 g/mol. The number of benzene rings is 1. The zero-order valence-electron chi connectivity index (χ0n) is 14.8. The molecule has 0 fully saturated rings. The van der Waals surface area contributed by atoms with Gasteiger partial charge in [0.15, 0.2) is 4.84 Å². The molecular weight excluding hydrogens is 413 g/mol. The monoisotopic (exact) mass is 433 g/mol. The number of carbonyl (C=O) groups is 2. The summed E-state index contributed by atoms with van der Waals surface area (Å²) in [5, 5.41) is 31.9. The number of primary amides is 1. The number of nitrogens with two attached hydrogens (primary N) is 1. The van der Waals surface area contributed by atoms with E-state index in [0.29, 0.717) is 24.8 Å². The molecule has 0 bridgehead atoms. The molecule has 5 N–H and O–H groups in total.